The molecule has 0 amide bonds. The number of aryl methyl sites for hydroxylation is 1. The Morgan fingerprint density at radius 1 is 0.829 bits per heavy atom. The largest absolute Gasteiger partial charge is 0.486 e. The van der Waals surface area contributed by atoms with Crippen LogP contribution < -0.4 is 0 Å². The van der Waals surface area contributed by atoms with Crippen molar-refractivity contribution in [2.75, 3.05) is 0 Å². The summed E-state index contributed by atoms with van der Waals surface area (Å²) in [4.78, 5) is 12.9. The number of furan rings is 1. The summed E-state index contributed by atoms with van der Waals surface area (Å²) < 4.78 is 5.85. The summed E-state index contributed by atoms with van der Waals surface area (Å²) in [6.07, 6.45) is 3.60. The molecule has 0 fully saturated rings. The van der Waals surface area contributed by atoms with E-state index >= 15 is 0 Å². The Kier molecular flexibility index (Phi) is 7.42. The van der Waals surface area contributed by atoms with Crippen LogP contribution in [0.3, 0.4) is 0 Å². The van der Waals surface area contributed by atoms with Gasteiger partial charge in [0.1, 0.15) is 11.8 Å². The van der Waals surface area contributed by atoms with Crippen LogP contribution >= 0.6 is 0 Å². The summed E-state index contributed by atoms with van der Waals surface area (Å²) in [7, 11) is 0. The number of benzene rings is 2. The van der Waals surface area contributed by atoms with Gasteiger partial charge in [-0.2, -0.15) is 5.26 Å². The van der Waals surface area contributed by atoms with Gasteiger partial charge in [0.25, 0.3) is 0 Å². The number of hydrogen-bond donors (Lipinski definition) is 0. The van der Waals surface area contributed by atoms with Crippen molar-refractivity contribution < 1.29 is 24.5 Å². The van der Waals surface area contributed by atoms with Crippen molar-refractivity contribution >= 4 is 22.1 Å². The van der Waals surface area contributed by atoms with Crippen LogP contribution in [0.4, 0.5) is 0 Å². The fourth-order valence-corrected chi connectivity index (χ4v) is 3.57. The third kappa shape index (κ3) is 5.17. The number of nitriles is 1. The average molecular weight is 631 g/mol. The topological polar surface area (TPSA) is 75.6 Å². The van der Waals surface area contributed by atoms with E-state index in [0.29, 0.717) is 17.0 Å². The first-order valence-corrected chi connectivity index (χ1v) is 10.7. The normalized spacial score (nSPS) is 10.2. The molecule has 0 saturated carbocycles. The Labute approximate surface area is 216 Å². The Bertz CT molecular complexity index is 1610. The van der Waals surface area contributed by atoms with Crippen molar-refractivity contribution in [1.29, 1.82) is 5.26 Å². The third-order valence-electron chi connectivity index (χ3n) is 5.23. The van der Waals surface area contributed by atoms with Crippen LogP contribution in [0, 0.1) is 30.4 Å². The van der Waals surface area contributed by atoms with E-state index in [2.05, 4.69) is 33.2 Å². The van der Waals surface area contributed by atoms with Crippen LogP contribution in [0.1, 0.15) is 11.3 Å². The monoisotopic (exact) mass is 631 g/mol. The Hall–Kier alpha value is -4.17. The molecule has 0 aliphatic heterocycles. The second-order valence-electron chi connectivity index (χ2n) is 7.57. The fraction of sp³-hybridized carbons (Fsp3) is 0.0345. The van der Waals surface area contributed by atoms with E-state index < -0.39 is 0 Å². The molecule has 4 aromatic heterocycles. The van der Waals surface area contributed by atoms with Crippen molar-refractivity contribution in [1.82, 2.24) is 15.0 Å². The molecule has 6 rings (SSSR count). The molecule has 4 heterocycles. The number of pyridine rings is 3. The number of rotatable bonds is 2. The molecular formula is C29H18IrN4O-2. The molecule has 5 nitrogen and oxygen atoms in total. The minimum Gasteiger partial charge on any atom is -0.486 e. The van der Waals surface area contributed by atoms with Crippen molar-refractivity contribution in [3.63, 3.8) is 0 Å². The molecule has 0 saturated heterocycles. The van der Waals surface area contributed by atoms with Crippen LogP contribution in [0.15, 0.2) is 95.7 Å². The number of hydrogen-bond acceptors (Lipinski definition) is 5. The summed E-state index contributed by atoms with van der Waals surface area (Å²) in [5.41, 5.74) is 6.28. The molecule has 2 aromatic carbocycles. The minimum absolute atomic E-state index is 0. The van der Waals surface area contributed by atoms with Gasteiger partial charge >= 0.3 is 0 Å². The maximum Gasteiger partial charge on any atom is 0.217 e. The van der Waals surface area contributed by atoms with Crippen molar-refractivity contribution in [2.45, 2.75) is 6.92 Å². The van der Waals surface area contributed by atoms with E-state index in [4.69, 9.17) is 9.68 Å². The number of nitrogens with zero attached hydrogens (tertiary/aromatic N) is 4. The molecular weight excluding hydrogens is 613 g/mol. The SMILES string of the molecule is Cc1ccc(-c2[c-]cccc2)nc1.N#Cc1ccc2c(n1)oc1c(-c3ccccn3)[c-]ccc12.[Ir]. The first kappa shape index (κ1) is 24.0. The zero-order valence-electron chi connectivity index (χ0n) is 18.7. The van der Waals surface area contributed by atoms with E-state index in [1.807, 2.05) is 85.9 Å². The summed E-state index contributed by atoms with van der Waals surface area (Å²) in [5, 5.41) is 10.8. The molecule has 1 radical (unpaired) electrons. The van der Waals surface area contributed by atoms with Crippen molar-refractivity contribution in [3.8, 4) is 28.6 Å². The van der Waals surface area contributed by atoms with Gasteiger partial charge in [-0.25, -0.2) is 4.98 Å². The quantitative estimate of drug-likeness (QED) is 0.203. The molecule has 0 bridgehead atoms. The van der Waals surface area contributed by atoms with Gasteiger partial charge in [-0.3, -0.25) is 0 Å². The van der Waals surface area contributed by atoms with Gasteiger partial charge in [0.05, 0.1) is 5.58 Å². The van der Waals surface area contributed by atoms with E-state index in [1.165, 1.54) is 5.56 Å². The molecule has 0 N–H and O–H groups in total. The van der Waals surface area contributed by atoms with E-state index in [1.54, 1.807) is 12.3 Å². The number of aromatic nitrogens is 3. The van der Waals surface area contributed by atoms with Crippen molar-refractivity contribution in [3.05, 3.63) is 115 Å². The summed E-state index contributed by atoms with van der Waals surface area (Å²) in [5.74, 6) is 0. The van der Waals surface area contributed by atoms with Crippen LogP contribution in [0.2, 0.25) is 0 Å². The first-order valence-electron chi connectivity index (χ1n) is 10.7. The van der Waals surface area contributed by atoms with Crippen LogP contribution in [-0.2, 0) is 20.1 Å². The molecule has 6 heteroatoms. The zero-order chi connectivity index (χ0) is 23.3. The maximum absolute atomic E-state index is 8.93. The molecule has 0 unspecified atom stereocenters. The molecule has 35 heavy (non-hydrogen) atoms. The Balaban J connectivity index is 0.000000179. The van der Waals surface area contributed by atoms with Gasteiger partial charge in [0.2, 0.25) is 5.71 Å². The van der Waals surface area contributed by atoms with E-state index in [0.717, 1.165) is 33.3 Å². The van der Waals surface area contributed by atoms with Gasteiger partial charge in [-0.15, -0.1) is 54.1 Å². The maximum atomic E-state index is 8.93. The molecule has 0 aliphatic rings. The van der Waals surface area contributed by atoms with Crippen LogP contribution in [-0.4, -0.2) is 15.0 Å². The van der Waals surface area contributed by atoms with Gasteiger partial charge in [0.15, 0.2) is 0 Å². The molecule has 0 atom stereocenters. The number of fused-ring (bicyclic) bond motifs is 3. The van der Waals surface area contributed by atoms with Crippen molar-refractivity contribution in [2.24, 2.45) is 0 Å². The average Bonchev–Trinajstić information content (AvgIpc) is 3.28. The van der Waals surface area contributed by atoms with Crippen LogP contribution in [0.5, 0.6) is 0 Å². The van der Waals surface area contributed by atoms with Gasteiger partial charge < -0.3 is 14.4 Å². The summed E-state index contributed by atoms with van der Waals surface area (Å²) in [6.45, 7) is 2.03. The first-order chi connectivity index (χ1) is 16.7. The van der Waals surface area contributed by atoms with Gasteiger partial charge in [-0.1, -0.05) is 35.2 Å². The molecule has 0 aliphatic carbocycles. The van der Waals surface area contributed by atoms with E-state index in [-0.39, 0.29) is 20.1 Å². The van der Waals surface area contributed by atoms with Gasteiger partial charge in [-0.05, 0) is 42.1 Å². The molecule has 171 valence electrons. The standard InChI is InChI=1S/C17H8N3O.C12H10N.Ir/c18-10-11-7-8-13-12-4-3-5-14(15-6-1-2-9-19-15)16(12)21-17(13)20-11;1-10-7-8-12(13-9-10)11-5-3-2-4-6-11;/h1-4,6-9H;2-5,7-9H,1H3;/q2*-1;. The summed E-state index contributed by atoms with van der Waals surface area (Å²) in [6, 6.07) is 33.3. The van der Waals surface area contributed by atoms with E-state index in [9.17, 15) is 0 Å². The molecule has 0 spiro atoms. The Morgan fingerprint density at radius 3 is 2.43 bits per heavy atom. The fourth-order valence-electron chi connectivity index (χ4n) is 3.57. The minimum atomic E-state index is 0. The predicted octanol–water partition coefficient (Wildman–Crippen LogP) is 6.57. The van der Waals surface area contributed by atoms with Crippen LogP contribution in [0.25, 0.3) is 44.6 Å². The second-order valence-corrected chi connectivity index (χ2v) is 7.57. The zero-order valence-corrected chi connectivity index (χ0v) is 21.1. The third-order valence-corrected chi connectivity index (χ3v) is 5.23. The Morgan fingerprint density at radius 2 is 1.71 bits per heavy atom. The predicted molar refractivity (Wildman–Crippen MR) is 132 cm³/mol. The summed E-state index contributed by atoms with van der Waals surface area (Å²) >= 11 is 0. The van der Waals surface area contributed by atoms with Gasteiger partial charge in [0, 0.05) is 37.9 Å². The molecule has 6 aromatic rings. The second kappa shape index (κ2) is 10.8. The smallest absolute Gasteiger partial charge is 0.217 e.